The van der Waals surface area contributed by atoms with E-state index in [2.05, 4.69) is 204 Å². The largest absolute Gasteiger partial charge is 0.442 e. The Balaban J connectivity index is 0.000000629. The SMILES string of the molecule is C/C=C(\C/C=C(\C)CC/C=C(\C)CCC=C(C)C)c1ccccc1.C=Cc1ccccc1.CC(C)=CCC/C(C)=C/CC/C(C)=C/CBr.CC(C)=CCC/C(C)=C/CC/C(C)=C/CC1=C(C)C(=O)c2ccccc2C1=O.O=C1OC(Sc2ccccc2)c2ccccc21.O=S=O.O=S=O. The summed E-state index contributed by atoms with van der Waals surface area (Å²) in [5, 5.41) is 0.974. The van der Waals surface area contributed by atoms with Gasteiger partial charge in [-0.05, 0) is 222 Å². The van der Waals surface area contributed by atoms with E-state index in [0.717, 1.165) is 60.7 Å². The highest BCUT2D eigenvalue weighted by Gasteiger charge is 2.31. The number of thioether (sulfide) groups is 1. The fourth-order valence-corrected chi connectivity index (χ4v) is 11.6. The van der Waals surface area contributed by atoms with Crippen LogP contribution in [0, 0.1) is 0 Å². The molecule has 2 aliphatic rings. The van der Waals surface area contributed by atoms with E-state index in [9.17, 15) is 14.4 Å². The maximum Gasteiger partial charge on any atom is 0.340 e. The van der Waals surface area contributed by atoms with Crippen LogP contribution >= 0.6 is 27.7 Å². The molecule has 1 aliphatic heterocycles. The normalized spacial score (nSPS) is 13.5. The number of carbonyl (C=O) groups is 3. The molecule has 1 unspecified atom stereocenters. The molecular weight excluding hydrogens is 1350 g/mol. The molecule has 0 saturated heterocycles. The second kappa shape index (κ2) is 55.1. The maximum absolute atomic E-state index is 12.8. The highest BCUT2D eigenvalue weighted by atomic mass is 79.9. The van der Waals surface area contributed by atoms with E-state index in [1.807, 2.05) is 103 Å². The zero-order valence-electron chi connectivity index (χ0n) is 61.4. The van der Waals surface area contributed by atoms with Crippen molar-refractivity contribution < 1.29 is 36.0 Å². The highest BCUT2D eigenvalue weighted by Crippen LogP contribution is 2.42. The number of ketones is 2. The number of esters is 1. The van der Waals surface area contributed by atoms with Crippen molar-refractivity contribution in [2.75, 3.05) is 5.33 Å². The molecular formula is C87H109BrO8S3. The van der Waals surface area contributed by atoms with Crippen LogP contribution < -0.4 is 0 Å². The van der Waals surface area contributed by atoms with Crippen LogP contribution in [0.15, 0.2) is 273 Å². The van der Waals surface area contributed by atoms with Crippen LogP contribution in [0.5, 0.6) is 0 Å². The van der Waals surface area contributed by atoms with Gasteiger partial charge in [-0.25, -0.2) is 4.79 Å². The van der Waals surface area contributed by atoms with Gasteiger partial charge in [-0.3, -0.25) is 9.59 Å². The lowest BCUT2D eigenvalue weighted by molar-refractivity contribution is 0.0521. The first-order valence-corrected chi connectivity index (χ1v) is 37.3. The Morgan fingerprint density at radius 3 is 1.23 bits per heavy atom. The third-order valence-electron chi connectivity index (χ3n) is 15.8. The zero-order chi connectivity index (χ0) is 73.8. The van der Waals surface area contributed by atoms with Gasteiger partial charge in [0.05, 0.1) is 5.56 Å². The summed E-state index contributed by atoms with van der Waals surface area (Å²) in [4.78, 5) is 38.1. The fraction of sp³-hybridized carbons (Fsp3) is 0.345. The van der Waals surface area contributed by atoms with Gasteiger partial charge in [-0.15, -0.1) is 0 Å². The van der Waals surface area contributed by atoms with Crippen molar-refractivity contribution in [3.05, 3.63) is 302 Å². The van der Waals surface area contributed by atoms with E-state index < -0.39 is 23.1 Å². The lowest BCUT2D eigenvalue weighted by Gasteiger charge is -2.18. The Bertz CT molecular complexity index is 3690. The molecule has 0 fully saturated rings. The van der Waals surface area contributed by atoms with E-state index in [0.29, 0.717) is 34.3 Å². The highest BCUT2D eigenvalue weighted by molar-refractivity contribution is 9.09. The van der Waals surface area contributed by atoms with Crippen molar-refractivity contribution in [3.63, 3.8) is 0 Å². The first-order valence-electron chi connectivity index (χ1n) is 34.0. The Labute approximate surface area is 615 Å². The molecule has 1 atom stereocenters. The van der Waals surface area contributed by atoms with Gasteiger partial charge >= 0.3 is 29.1 Å². The van der Waals surface area contributed by atoms with Crippen LogP contribution in [-0.4, -0.2) is 39.7 Å². The molecule has 7 rings (SSSR count). The zero-order valence-corrected chi connectivity index (χ0v) is 65.4. The number of ether oxygens (including phenoxy) is 1. The van der Waals surface area contributed by atoms with Gasteiger partial charge in [0.25, 0.3) is 0 Å². The number of hydrogen-bond donors (Lipinski definition) is 0. The molecule has 8 nitrogen and oxygen atoms in total. The maximum atomic E-state index is 12.8. The number of fused-ring (bicyclic) bond motifs is 2. The Morgan fingerprint density at radius 1 is 0.455 bits per heavy atom. The molecule has 99 heavy (non-hydrogen) atoms. The van der Waals surface area contributed by atoms with E-state index >= 15 is 0 Å². The van der Waals surface area contributed by atoms with E-state index in [-0.39, 0.29) is 23.0 Å². The molecule has 5 aromatic carbocycles. The van der Waals surface area contributed by atoms with Crippen LogP contribution in [0.3, 0.4) is 0 Å². The molecule has 0 spiro atoms. The molecule has 5 aromatic rings. The predicted octanol–water partition coefficient (Wildman–Crippen LogP) is 25.5. The number of halogens is 1. The number of cyclic esters (lactones) is 1. The molecule has 0 bridgehead atoms. The van der Waals surface area contributed by atoms with Crippen LogP contribution in [0.25, 0.3) is 11.6 Å². The third-order valence-corrected chi connectivity index (χ3v) is 17.2. The first-order chi connectivity index (χ1) is 47.5. The molecule has 0 aromatic heterocycles. The van der Waals surface area contributed by atoms with Crippen molar-refractivity contribution in [3.8, 4) is 0 Å². The van der Waals surface area contributed by atoms with Gasteiger partial charge in [-0.2, -0.15) is 16.8 Å². The standard InChI is InChI=1S/C26H32O2.C24H34.C15H25Br.C14H10O2S.C8H8.2O2S/c1-18(2)10-8-11-19(3)12-9-13-20(4)16-17-22-21(5)25(27)23-14-6-7-15-24(23)26(22)28;1-6-23(24-16-8-7-9-17-24)19-18-22(5)15-11-14-21(4)13-10-12-20(2)3;1-13(2)7-5-8-14(3)9-6-10-15(4)11-12-16;15-13-11-8-4-5-9-12(11)14(16-13)17-10-6-2-1-3-7-10;1-2-8-6-4-3-5-7-8;2*1-3-2/h6-7,10,12,14-16H,8-9,11,13,17H2,1-5H3;6-9,12,14,16-18H,10-11,13,15,19H2,1-5H3;7,9,11H,5-6,8,10,12H2,1-4H3;1-9,14H;2-7H,1H2;;/b19-12+,20-16+;21-14+,22-18+,23-6+;14-9+,15-11+;;;;. The molecule has 0 N–H and O–H groups in total. The van der Waals surface area contributed by atoms with E-state index in [1.165, 1.54) is 105 Å². The number of rotatable bonds is 27. The van der Waals surface area contributed by atoms with Gasteiger partial charge in [-0.1, -0.05) is 273 Å². The molecule has 1 aliphatic carbocycles. The lowest BCUT2D eigenvalue weighted by Crippen LogP contribution is -2.20. The topological polar surface area (TPSA) is 129 Å². The van der Waals surface area contributed by atoms with Crippen LogP contribution in [-0.2, 0) is 27.9 Å². The minimum atomic E-state index is -0.750. The van der Waals surface area contributed by atoms with Gasteiger partial charge in [0.15, 0.2) is 17.0 Å². The summed E-state index contributed by atoms with van der Waals surface area (Å²) in [6.07, 6.45) is 40.0. The minimum absolute atomic E-state index is 0.00763. The average molecular weight is 1460 g/mol. The lowest BCUT2D eigenvalue weighted by atomic mass is 9.83. The molecule has 0 saturated carbocycles. The van der Waals surface area contributed by atoms with Crippen molar-refractivity contribution in [1.82, 2.24) is 0 Å². The Morgan fingerprint density at radius 2 is 0.818 bits per heavy atom. The number of benzene rings is 5. The minimum Gasteiger partial charge on any atom is -0.442 e. The van der Waals surface area contributed by atoms with Crippen molar-refractivity contribution >= 4 is 80.0 Å². The van der Waals surface area contributed by atoms with Crippen LogP contribution in [0.1, 0.15) is 240 Å². The van der Waals surface area contributed by atoms with E-state index in [1.54, 1.807) is 30.8 Å². The van der Waals surface area contributed by atoms with E-state index in [4.69, 9.17) is 21.6 Å². The van der Waals surface area contributed by atoms with Crippen molar-refractivity contribution in [2.24, 2.45) is 0 Å². The van der Waals surface area contributed by atoms with Gasteiger partial charge in [0.2, 0.25) is 0 Å². The summed E-state index contributed by atoms with van der Waals surface area (Å²) >= 11 is 3.47. The Hall–Kier alpha value is -7.74. The summed E-state index contributed by atoms with van der Waals surface area (Å²) in [6.45, 7) is 33.7. The molecule has 530 valence electrons. The summed E-state index contributed by atoms with van der Waals surface area (Å²) in [7, 11) is 0. The van der Waals surface area contributed by atoms with Gasteiger partial charge < -0.3 is 4.74 Å². The number of hydrogen-bond acceptors (Lipinski definition) is 9. The second-order valence-corrected chi connectivity index (χ2v) is 27.0. The number of carbonyl (C=O) groups excluding carboxylic acids is 3. The number of Topliss-reactive ketones (excluding diaryl/α,β-unsaturated/α-hetero) is 2. The van der Waals surface area contributed by atoms with Crippen LogP contribution in [0.2, 0.25) is 0 Å². The predicted molar refractivity (Wildman–Crippen MR) is 428 cm³/mol. The summed E-state index contributed by atoms with van der Waals surface area (Å²) < 4.78 is 38.5. The Kier molecular flexibility index (Phi) is 49.7. The third kappa shape index (κ3) is 40.8. The monoisotopic (exact) mass is 1460 g/mol. The van der Waals surface area contributed by atoms with Crippen LogP contribution in [0.4, 0.5) is 0 Å². The summed E-state index contributed by atoms with van der Waals surface area (Å²) in [5.74, 6) is -0.257. The first kappa shape index (κ1) is 89.3. The summed E-state index contributed by atoms with van der Waals surface area (Å²) in [5.41, 5.74) is 20.5. The van der Waals surface area contributed by atoms with Gasteiger partial charge in [0.1, 0.15) is 0 Å². The fourth-order valence-electron chi connectivity index (χ4n) is 9.97. The number of allylic oxidation sites excluding steroid dienone is 22. The smallest absolute Gasteiger partial charge is 0.340 e. The average Bonchev–Trinajstić information content (AvgIpc) is 1.51. The van der Waals surface area contributed by atoms with Crippen molar-refractivity contribution in [2.45, 2.75) is 197 Å². The molecule has 1 heterocycles. The number of alkyl halides is 1. The van der Waals surface area contributed by atoms with Crippen molar-refractivity contribution in [1.29, 1.82) is 0 Å². The summed E-state index contributed by atoms with van der Waals surface area (Å²) in [6, 6.07) is 45.3. The molecule has 12 heteroatoms. The molecule has 0 amide bonds. The molecule has 0 radical (unpaired) electrons. The van der Waals surface area contributed by atoms with Gasteiger partial charge in [0, 0.05) is 38.1 Å². The quantitative estimate of drug-likeness (QED) is 0.0287. The second-order valence-electron chi connectivity index (χ2n) is 24.9.